The van der Waals surface area contributed by atoms with E-state index in [1.165, 1.54) is 6.20 Å². The van der Waals surface area contributed by atoms with Gasteiger partial charge in [0.25, 0.3) is 0 Å². The molecular weight excluding hydrogens is 339 g/mol. The second-order valence-corrected chi connectivity index (χ2v) is 5.07. The van der Waals surface area contributed by atoms with Gasteiger partial charge in [0.15, 0.2) is 5.69 Å². The first kappa shape index (κ1) is 18.5. The number of alkyl halides is 3. The van der Waals surface area contributed by atoms with E-state index in [1.807, 2.05) is 0 Å². The Morgan fingerprint density at radius 1 is 1.08 bits per heavy atom. The first-order valence-electron chi connectivity index (χ1n) is 7.25. The minimum Gasteiger partial charge on any atom is -0.350 e. The Kier molecular flexibility index (Phi) is 5.75. The van der Waals surface area contributed by atoms with Crippen molar-refractivity contribution in [3.8, 4) is 5.69 Å². The standard InChI is InChI=1S/C15H16F3N5O2/c16-15(17,18)12-5-6-23(22-12)11-3-1-10(2-4-11)8-20-14(25)9-21-13(24)7-19/h1-6H,7-9,19H2,(H,20,25)(H,21,24). The van der Waals surface area contributed by atoms with Crippen molar-refractivity contribution in [1.29, 1.82) is 0 Å². The van der Waals surface area contributed by atoms with Crippen LogP contribution in [0.4, 0.5) is 13.2 Å². The highest BCUT2D eigenvalue weighted by Gasteiger charge is 2.33. The fourth-order valence-corrected chi connectivity index (χ4v) is 1.90. The van der Waals surface area contributed by atoms with Gasteiger partial charge in [-0.3, -0.25) is 9.59 Å². The minimum atomic E-state index is -4.49. The van der Waals surface area contributed by atoms with Gasteiger partial charge in [0.05, 0.1) is 18.8 Å². The van der Waals surface area contributed by atoms with Crippen LogP contribution in [0.3, 0.4) is 0 Å². The van der Waals surface area contributed by atoms with Gasteiger partial charge in [-0.1, -0.05) is 12.1 Å². The molecule has 0 bridgehead atoms. The summed E-state index contributed by atoms with van der Waals surface area (Å²) >= 11 is 0. The first-order valence-corrected chi connectivity index (χ1v) is 7.25. The molecule has 4 N–H and O–H groups in total. The number of aromatic nitrogens is 2. The third kappa shape index (κ3) is 5.31. The van der Waals surface area contributed by atoms with E-state index >= 15 is 0 Å². The predicted molar refractivity (Wildman–Crippen MR) is 82.5 cm³/mol. The van der Waals surface area contributed by atoms with Crippen LogP contribution in [0.2, 0.25) is 0 Å². The zero-order valence-electron chi connectivity index (χ0n) is 13.0. The molecule has 0 fully saturated rings. The molecule has 2 amide bonds. The number of amides is 2. The zero-order valence-corrected chi connectivity index (χ0v) is 13.0. The topological polar surface area (TPSA) is 102 Å². The number of nitrogens with one attached hydrogen (secondary N) is 2. The maximum atomic E-state index is 12.5. The Bertz CT molecular complexity index is 740. The van der Waals surface area contributed by atoms with Crippen molar-refractivity contribution in [1.82, 2.24) is 20.4 Å². The van der Waals surface area contributed by atoms with E-state index in [1.54, 1.807) is 24.3 Å². The molecule has 10 heteroatoms. The molecule has 7 nitrogen and oxygen atoms in total. The van der Waals surface area contributed by atoms with Gasteiger partial charge in [0, 0.05) is 12.7 Å². The molecule has 0 saturated carbocycles. The summed E-state index contributed by atoms with van der Waals surface area (Å²) in [5, 5.41) is 8.41. The summed E-state index contributed by atoms with van der Waals surface area (Å²) in [6, 6.07) is 7.38. The van der Waals surface area contributed by atoms with E-state index in [0.717, 1.165) is 16.3 Å². The van der Waals surface area contributed by atoms with E-state index in [2.05, 4.69) is 15.7 Å². The van der Waals surface area contributed by atoms with E-state index in [-0.39, 0.29) is 25.5 Å². The average Bonchev–Trinajstić information content (AvgIpc) is 3.08. The van der Waals surface area contributed by atoms with Crippen molar-refractivity contribution in [2.75, 3.05) is 13.1 Å². The summed E-state index contributed by atoms with van der Waals surface area (Å²) in [5.41, 5.74) is 5.33. The molecule has 0 saturated heterocycles. The van der Waals surface area contributed by atoms with Crippen molar-refractivity contribution < 1.29 is 22.8 Å². The Morgan fingerprint density at radius 2 is 1.76 bits per heavy atom. The van der Waals surface area contributed by atoms with Crippen molar-refractivity contribution in [2.45, 2.75) is 12.7 Å². The lowest BCUT2D eigenvalue weighted by Crippen LogP contribution is -2.39. The largest absolute Gasteiger partial charge is 0.435 e. The SMILES string of the molecule is NCC(=O)NCC(=O)NCc1ccc(-n2ccc(C(F)(F)F)n2)cc1. The Balaban J connectivity index is 1.91. The second kappa shape index (κ2) is 7.79. The normalized spacial score (nSPS) is 11.2. The molecule has 25 heavy (non-hydrogen) atoms. The van der Waals surface area contributed by atoms with Gasteiger partial charge in [-0.2, -0.15) is 18.3 Å². The summed E-state index contributed by atoms with van der Waals surface area (Å²) in [5.74, 6) is -0.815. The molecule has 2 aromatic rings. The molecule has 0 aliphatic heterocycles. The van der Waals surface area contributed by atoms with E-state index < -0.39 is 17.8 Å². The van der Waals surface area contributed by atoms with Gasteiger partial charge in [0.1, 0.15) is 0 Å². The number of nitrogens with two attached hydrogens (primary N) is 1. The van der Waals surface area contributed by atoms with Crippen LogP contribution in [0.25, 0.3) is 5.69 Å². The molecular formula is C15H16F3N5O2. The summed E-state index contributed by atoms with van der Waals surface area (Å²) in [6.07, 6.45) is -3.27. The Hall–Kier alpha value is -2.88. The molecule has 2 rings (SSSR count). The second-order valence-electron chi connectivity index (χ2n) is 5.07. The fraction of sp³-hybridized carbons (Fsp3) is 0.267. The number of hydrogen-bond acceptors (Lipinski definition) is 4. The highest BCUT2D eigenvalue weighted by molar-refractivity contribution is 5.85. The summed E-state index contributed by atoms with van der Waals surface area (Å²) in [4.78, 5) is 22.5. The monoisotopic (exact) mass is 355 g/mol. The van der Waals surface area contributed by atoms with Crippen LogP contribution < -0.4 is 16.4 Å². The fourth-order valence-electron chi connectivity index (χ4n) is 1.90. The zero-order chi connectivity index (χ0) is 18.4. The van der Waals surface area contributed by atoms with Crippen LogP contribution in [0.15, 0.2) is 36.5 Å². The highest BCUT2D eigenvalue weighted by atomic mass is 19.4. The lowest BCUT2D eigenvalue weighted by molar-refractivity contribution is -0.141. The lowest BCUT2D eigenvalue weighted by Gasteiger charge is -2.08. The van der Waals surface area contributed by atoms with E-state index in [0.29, 0.717) is 5.69 Å². The molecule has 0 atom stereocenters. The third-order valence-corrected chi connectivity index (χ3v) is 3.20. The number of nitrogens with zero attached hydrogens (tertiary/aromatic N) is 2. The average molecular weight is 355 g/mol. The minimum absolute atomic E-state index is 0.179. The van der Waals surface area contributed by atoms with Crippen molar-refractivity contribution in [2.24, 2.45) is 5.73 Å². The number of carbonyl (C=O) groups excluding carboxylic acids is 2. The van der Waals surface area contributed by atoms with Crippen molar-refractivity contribution >= 4 is 11.8 Å². The molecule has 1 aromatic heterocycles. The van der Waals surface area contributed by atoms with Crippen LogP contribution in [-0.2, 0) is 22.3 Å². The summed E-state index contributed by atoms with van der Waals surface area (Å²) < 4.78 is 38.7. The predicted octanol–water partition coefficient (Wildman–Crippen LogP) is 0.582. The number of halogens is 3. The maximum absolute atomic E-state index is 12.5. The molecule has 0 aliphatic carbocycles. The quantitative estimate of drug-likeness (QED) is 0.705. The molecule has 134 valence electrons. The number of benzene rings is 1. The van der Waals surface area contributed by atoms with E-state index in [4.69, 9.17) is 5.73 Å². The molecule has 1 heterocycles. The van der Waals surface area contributed by atoms with Gasteiger partial charge in [-0.25, -0.2) is 4.68 Å². The molecule has 0 unspecified atom stereocenters. The smallest absolute Gasteiger partial charge is 0.350 e. The first-order chi connectivity index (χ1) is 11.8. The van der Waals surface area contributed by atoms with Crippen molar-refractivity contribution in [3.63, 3.8) is 0 Å². The van der Waals surface area contributed by atoms with Crippen LogP contribution >= 0.6 is 0 Å². The van der Waals surface area contributed by atoms with Crippen LogP contribution in [0.5, 0.6) is 0 Å². The summed E-state index contributed by atoms with van der Waals surface area (Å²) in [7, 11) is 0. The van der Waals surface area contributed by atoms with Gasteiger partial charge in [-0.15, -0.1) is 0 Å². The van der Waals surface area contributed by atoms with Gasteiger partial charge in [-0.05, 0) is 23.8 Å². The van der Waals surface area contributed by atoms with Gasteiger partial charge >= 0.3 is 6.18 Å². The van der Waals surface area contributed by atoms with Crippen LogP contribution in [0.1, 0.15) is 11.3 Å². The maximum Gasteiger partial charge on any atom is 0.435 e. The molecule has 0 aliphatic rings. The Morgan fingerprint density at radius 3 is 2.32 bits per heavy atom. The lowest BCUT2D eigenvalue weighted by atomic mass is 10.2. The molecule has 0 radical (unpaired) electrons. The molecule has 0 spiro atoms. The highest BCUT2D eigenvalue weighted by Crippen LogP contribution is 2.27. The number of carbonyl (C=O) groups is 2. The number of rotatable bonds is 6. The molecule has 1 aromatic carbocycles. The van der Waals surface area contributed by atoms with E-state index in [9.17, 15) is 22.8 Å². The van der Waals surface area contributed by atoms with Gasteiger partial charge < -0.3 is 16.4 Å². The Labute approximate surface area is 141 Å². The summed E-state index contributed by atoms with van der Waals surface area (Å²) in [6.45, 7) is -0.162. The third-order valence-electron chi connectivity index (χ3n) is 3.20. The van der Waals surface area contributed by atoms with Crippen LogP contribution in [0, 0.1) is 0 Å². The number of hydrogen-bond donors (Lipinski definition) is 3. The van der Waals surface area contributed by atoms with Crippen molar-refractivity contribution in [3.05, 3.63) is 47.8 Å². The van der Waals surface area contributed by atoms with Crippen LogP contribution in [-0.4, -0.2) is 34.7 Å². The van der Waals surface area contributed by atoms with Gasteiger partial charge in [0.2, 0.25) is 11.8 Å².